The molecule has 1 rings (SSSR count). The van der Waals surface area contributed by atoms with E-state index >= 15 is 0 Å². The minimum atomic E-state index is -0.416. The molecular formula is C18H36N2O2. The summed E-state index contributed by atoms with van der Waals surface area (Å²) in [5.74, 6) is 1.74. The van der Waals surface area contributed by atoms with Crippen molar-refractivity contribution in [3.63, 3.8) is 0 Å². The average Bonchev–Trinajstić information content (AvgIpc) is 2.40. The lowest BCUT2D eigenvalue weighted by atomic mass is 9.82. The van der Waals surface area contributed by atoms with Crippen LogP contribution in [0.15, 0.2) is 0 Å². The van der Waals surface area contributed by atoms with Crippen LogP contribution in [0.1, 0.15) is 66.7 Å². The zero-order valence-electron chi connectivity index (χ0n) is 15.3. The predicted octanol–water partition coefficient (Wildman–Crippen LogP) is 4.05. The van der Waals surface area contributed by atoms with Crippen LogP contribution in [-0.2, 0) is 4.74 Å². The largest absolute Gasteiger partial charge is 0.444 e. The molecule has 130 valence electrons. The van der Waals surface area contributed by atoms with Gasteiger partial charge in [0.15, 0.2) is 0 Å². The fraction of sp³-hybridized carbons (Fsp3) is 0.944. The highest BCUT2D eigenvalue weighted by Gasteiger charge is 2.21. The summed E-state index contributed by atoms with van der Waals surface area (Å²) in [6.45, 7) is 13.7. The fourth-order valence-corrected chi connectivity index (χ4v) is 3.15. The molecule has 22 heavy (non-hydrogen) atoms. The second kappa shape index (κ2) is 9.39. The third-order valence-electron chi connectivity index (χ3n) is 4.29. The van der Waals surface area contributed by atoms with Gasteiger partial charge in [0.25, 0.3) is 0 Å². The predicted molar refractivity (Wildman–Crippen MR) is 92.1 cm³/mol. The van der Waals surface area contributed by atoms with Crippen LogP contribution in [0.2, 0.25) is 0 Å². The molecule has 1 saturated carbocycles. The van der Waals surface area contributed by atoms with Crippen LogP contribution in [0.5, 0.6) is 0 Å². The molecule has 4 nitrogen and oxygen atoms in total. The third-order valence-corrected chi connectivity index (χ3v) is 4.29. The molecule has 0 heterocycles. The standard InChI is InChI=1S/C18H36N2O2/c1-6-20(17(21)22-18(3,4)5)12-8-11-19-14-16-10-7-9-15(2)13-16/h15-16,19H,6-14H2,1-5H3. The Balaban J connectivity index is 2.15. The van der Waals surface area contributed by atoms with Crippen molar-refractivity contribution in [2.24, 2.45) is 11.8 Å². The summed E-state index contributed by atoms with van der Waals surface area (Å²) < 4.78 is 5.42. The van der Waals surface area contributed by atoms with Gasteiger partial charge in [-0.15, -0.1) is 0 Å². The second-order valence-electron chi connectivity index (χ2n) is 7.76. The van der Waals surface area contributed by atoms with Gasteiger partial charge in [0.05, 0.1) is 0 Å². The van der Waals surface area contributed by atoms with E-state index in [0.717, 1.165) is 37.9 Å². The van der Waals surface area contributed by atoms with E-state index in [4.69, 9.17) is 4.74 Å². The van der Waals surface area contributed by atoms with Crippen LogP contribution in [-0.4, -0.2) is 42.8 Å². The number of hydrogen-bond acceptors (Lipinski definition) is 3. The van der Waals surface area contributed by atoms with E-state index in [0.29, 0.717) is 6.54 Å². The van der Waals surface area contributed by atoms with Gasteiger partial charge in [0, 0.05) is 13.1 Å². The summed E-state index contributed by atoms with van der Waals surface area (Å²) in [7, 11) is 0. The number of nitrogens with zero attached hydrogens (tertiary/aromatic N) is 1. The zero-order chi connectivity index (χ0) is 16.6. The second-order valence-corrected chi connectivity index (χ2v) is 7.76. The minimum Gasteiger partial charge on any atom is -0.444 e. The summed E-state index contributed by atoms with van der Waals surface area (Å²) in [6, 6.07) is 0. The van der Waals surface area contributed by atoms with Crippen LogP contribution in [0.3, 0.4) is 0 Å². The van der Waals surface area contributed by atoms with E-state index in [1.807, 2.05) is 27.7 Å². The third kappa shape index (κ3) is 8.02. The molecule has 0 aromatic carbocycles. The molecule has 1 N–H and O–H groups in total. The summed E-state index contributed by atoms with van der Waals surface area (Å²) in [5.41, 5.74) is -0.416. The molecule has 0 aromatic heterocycles. The molecule has 4 heteroatoms. The van der Waals surface area contributed by atoms with Crippen molar-refractivity contribution in [1.29, 1.82) is 0 Å². The van der Waals surface area contributed by atoms with Gasteiger partial charge >= 0.3 is 6.09 Å². The first-order chi connectivity index (χ1) is 10.3. The van der Waals surface area contributed by atoms with E-state index in [-0.39, 0.29) is 6.09 Å². The van der Waals surface area contributed by atoms with E-state index in [2.05, 4.69) is 12.2 Å². The summed E-state index contributed by atoms with van der Waals surface area (Å²) in [5, 5.41) is 3.56. The number of carbonyl (C=O) groups excluding carboxylic acids is 1. The molecule has 2 unspecified atom stereocenters. The summed E-state index contributed by atoms with van der Waals surface area (Å²) >= 11 is 0. The van der Waals surface area contributed by atoms with E-state index < -0.39 is 5.60 Å². The maximum absolute atomic E-state index is 12.0. The van der Waals surface area contributed by atoms with Crippen LogP contribution < -0.4 is 5.32 Å². The molecule has 1 amide bonds. The van der Waals surface area contributed by atoms with Gasteiger partial charge in [0.2, 0.25) is 0 Å². The average molecular weight is 312 g/mol. The molecule has 0 bridgehead atoms. The highest BCUT2D eigenvalue weighted by atomic mass is 16.6. The van der Waals surface area contributed by atoms with Crippen LogP contribution >= 0.6 is 0 Å². The van der Waals surface area contributed by atoms with Gasteiger partial charge in [0.1, 0.15) is 5.60 Å². The molecule has 0 radical (unpaired) electrons. The molecule has 2 atom stereocenters. The first-order valence-corrected chi connectivity index (χ1v) is 9.00. The van der Waals surface area contributed by atoms with Crippen molar-refractivity contribution < 1.29 is 9.53 Å². The molecule has 1 fully saturated rings. The Labute approximate surface area is 137 Å². The van der Waals surface area contributed by atoms with Gasteiger partial charge in [-0.1, -0.05) is 19.8 Å². The van der Waals surface area contributed by atoms with Gasteiger partial charge in [-0.05, 0) is 71.9 Å². The number of rotatable bonds is 7. The number of nitrogens with one attached hydrogen (secondary N) is 1. The van der Waals surface area contributed by atoms with Crippen molar-refractivity contribution in [2.75, 3.05) is 26.2 Å². The van der Waals surface area contributed by atoms with Crippen molar-refractivity contribution in [1.82, 2.24) is 10.2 Å². The van der Waals surface area contributed by atoms with Gasteiger partial charge in [-0.25, -0.2) is 4.79 Å². The smallest absolute Gasteiger partial charge is 0.410 e. The lowest BCUT2D eigenvalue weighted by Gasteiger charge is -2.28. The molecule has 1 aliphatic carbocycles. The van der Waals surface area contributed by atoms with E-state index in [1.165, 1.54) is 25.7 Å². The Kier molecular flexibility index (Phi) is 8.23. The molecular weight excluding hydrogens is 276 g/mol. The molecule has 0 aliphatic heterocycles. The highest BCUT2D eigenvalue weighted by molar-refractivity contribution is 5.68. The maximum Gasteiger partial charge on any atom is 0.410 e. The Morgan fingerprint density at radius 3 is 2.64 bits per heavy atom. The molecule has 0 saturated heterocycles. The molecule has 0 spiro atoms. The SMILES string of the molecule is CCN(CCCNCC1CCCC(C)C1)C(=O)OC(C)(C)C. The van der Waals surface area contributed by atoms with Crippen molar-refractivity contribution >= 4 is 6.09 Å². The minimum absolute atomic E-state index is 0.198. The number of hydrogen-bond donors (Lipinski definition) is 1. The quantitative estimate of drug-likeness (QED) is 0.721. The zero-order valence-corrected chi connectivity index (χ0v) is 15.3. The fourth-order valence-electron chi connectivity index (χ4n) is 3.15. The van der Waals surface area contributed by atoms with Crippen LogP contribution in [0.25, 0.3) is 0 Å². The molecule has 0 aromatic rings. The Bertz CT molecular complexity index is 326. The van der Waals surface area contributed by atoms with E-state index in [9.17, 15) is 4.79 Å². The number of ether oxygens (including phenoxy) is 1. The normalized spacial score (nSPS) is 22.4. The Morgan fingerprint density at radius 2 is 2.05 bits per heavy atom. The van der Waals surface area contributed by atoms with Gasteiger partial charge in [-0.3, -0.25) is 0 Å². The Morgan fingerprint density at radius 1 is 1.32 bits per heavy atom. The topological polar surface area (TPSA) is 41.6 Å². The monoisotopic (exact) mass is 312 g/mol. The van der Waals surface area contributed by atoms with Crippen LogP contribution in [0.4, 0.5) is 4.79 Å². The lowest BCUT2D eigenvalue weighted by molar-refractivity contribution is 0.0258. The van der Waals surface area contributed by atoms with Crippen molar-refractivity contribution in [2.45, 2.75) is 72.3 Å². The summed E-state index contributed by atoms with van der Waals surface area (Å²) in [4.78, 5) is 13.8. The maximum atomic E-state index is 12.0. The van der Waals surface area contributed by atoms with Crippen molar-refractivity contribution in [3.05, 3.63) is 0 Å². The van der Waals surface area contributed by atoms with Gasteiger partial charge in [-0.2, -0.15) is 0 Å². The highest BCUT2D eigenvalue weighted by Crippen LogP contribution is 2.27. The van der Waals surface area contributed by atoms with Gasteiger partial charge < -0.3 is 15.0 Å². The van der Waals surface area contributed by atoms with Crippen molar-refractivity contribution in [3.8, 4) is 0 Å². The summed E-state index contributed by atoms with van der Waals surface area (Å²) in [6.07, 6.45) is 6.31. The van der Waals surface area contributed by atoms with E-state index in [1.54, 1.807) is 4.90 Å². The first kappa shape index (κ1) is 19.3. The lowest BCUT2D eigenvalue weighted by Crippen LogP contribution is -2.38. The number of carbonyl (C=O) groups is 1. The number of amides is 1. The first-order valence-electron chi connectivity index (χ1n) is 9.00. The molecule has 1 aliphatic rings. The van der Waals surface area contributed by atoms with Crippen LogP contribution in [0, 0.1) is 11.8 Å². The Hall–Kier alpha value is -0.770.